The maximum atomic E-state index is 12.8. The summed E-state index contributed by atoms with van der Waals surface area (Å²) < 4.78 is 26.6. The van der Waals surface area contributed by atoms with Gasteiger partial charge in [0.25, 0.3) is 0 Å². The molecular formula is C18H27O10P. The van der Waals surface area contributed by atoms with Crippen molar-refractivity contribution in [2.45, 2.75) is 60.8 Å². The van der Waals surface area contributed by atoms with Crippen molar-refractivity contribution in [3.05, 3.63) is 34.0 Å². The molecule has 0 saturated carbocycles. The van der Waals surface area contributed by atoms with Crippen molar-refractivity contribution in [3.8, 4) is 0 Å². The van der Waals surface area contributed by atoms with E-state index in [-0.39, 0.29) is 53.3 Å². The van der Waals surface area contributed by atoms with Gasteiger partial charge in [0.15, 0.2) is 0 Å². The summed E-state index contributed by atoms with van der Waals surface area (Å²) in [7, 11) is -5.18. The van der Waals surface area contributed by atoms with Crippen molar-refractivity contribution in [2.24, 2.45) is 0 Å². The number of aliphatic hydroxyl groups excluding tert-OH is 3. The molecule has 29 heavy (non-hydrogen) atoms. The first-order chi connectivity index (χ1) is 13.3. The van der Waals surface area contributed by atoms with E-state index in [4.69, 9.17) is 0 Å². The van der Waals surface area contributed by atoms with E-state index in [1.807, 2.05) is 0 Å². The molecule has 0 rings (SSSR count). The summed E-state index contributed by atoms with van der Waals surface area (Å²) in [6.07, 6.45) is 0.176. The maximum absolute atomic E-state index is 12.8. The maximum Gasteiger partial charge on any atom is 0.654 e. The standard InChI is InChI=1S/C18H27O10P/c1-7-13(19)10(4)16(22)26-29(25,27-17(23)11(5)14(20)8-2)28-18(24)12(6)15(21)9-3/h19-21H,7-9H2,1-6H3/b13-10+,14-11+,15-12+. The van der Waals surface area contributed by atoms with Crippen LogP contribution in [-0.4, -0.2) is 33.2 Å². The minimum Gasteiger partial charge on any atom is -0.512 e. The molecule has 0 heterocycles. The number of hydrogen-bond acceptors (Lipinski definition) is 10. The zero-order valence-electron chi connectivity index (χ0n) is 17.3. The molecule has 0 unspecified atom stereocenters. The summed E-state index contributed by atoms with van der Waals surface area (Å²) in [6, 6.07) is 0. The zero-order chi connectivity index (χ0) is 22.9. The zero-order valence-corrected chi connectivity index (χ0v) is 18.2. The molecule has 164 valence electrons. The normalized spacial score (nSPS) is 14.1. The molecule has 0 amide bonds. The highest BCUT2D eigenvalue weighted by Crippen LogP contribution is 2.51. The van der Waals surface area contributed by atoms with Gasteiger partial charge in [0.1, 0.15) is 17.3 Å². The van der Waals surface area contributed by atoms with Gasteiger partial charge in [-0.3, -0.25) is 0 Å². The number of hydrogen-bond donors (Lipinski definition) is 3. The minimum absolute atomic E-state index is 0.0588. The lowest BCUT2D eigenvalue weighted by Gasteiger charge is -2.17. The summed E-state index contributed by atoms with van der Waals surface area (Å²) in [5.74, 6) is -5.18. The first-order valence-electron chi connectivity index (χ1n) is 8.81. The molecule has 0 radical (unpaired) electrons. The van der Waals surface area contributed by atoms with E-state index in [1.54, 1.807) is 0 Å². The summed E-state index contributed by atoms with van der Waals surface area (Å²) in [5, 5.41) is 28.9. The number of carbonyl (C=O) groups is 3. The number of phosphoric acid groups is 1. The largest absolute Gasteiger partial charge is 0.654 e. The molecule has 0 saturated heterocycles. The second-order valence-electron chi connectivity index (χ2n) is 5.86. The van der Waals surface area contributed by atoms with Crippen LogP contribution in [0.15, 0.2) is 34.0 Å². The van der Waals surface area contributed by atoms with Crippen LogP contribution < -0.4 is 0 Å². The van der Waals surface area contributed by atoms with E-state index in [0.717, 1.165) is 20.8 Å². The fourth-order valence-electron chi connectivity index (χ4n) is 1.71. The molecule has 0 aliphatic heterocycles. The Hall–Kier alpha value is -2.74. The van der Waals surface area contributed by atoms with Gasteiger partial charge >= 0.3 is 25.7 Å². The molecule has 0 aromatic heterocycles. The smallest absolute Gasteiger partial charge is 0.512 e. The summed E-state index contributed by atoms with van der Waals surface area (Å²) >= 11 is 0. The van der Waals surface area contributed by atoms with Crippen LogP contribution >= 0.6 is 7.82 Å². The van der Waals surface area contributed by atoms with E-state index in [0.29, 0.717) is 0 Å². The van der Waals surface area contributed by atoms with Crippen molar-refractivity contribution in [1.82, 2.24) is 0 Å². The lowest BCUT2D eigenvalue weighted by Crippen LogP contribution is -2.17. The Morgan fingerprint density at radius 2 is 0.828 bits per heavy atom. The quantitative estimate of drug-likeness (QED) is 0.269. The van der Waals surface area contributed by atoms with Crippen LogP contribution in [0.3, 0.4) is 0 Å². The summed E-state index contributed by atoms with van der Waals surface area (Å²) in [6.45, 7) is 8.10. The highest BCUT2D eigenvalue weighted by Gasteiger charge is 2.41. The summed E-state index contributed by atoms with van der Waals surface area (Å²) in [4.78, 5) is 36.4. The minimum atomic E-state index is -5.18. The van der Waals surface area contributed by atoms with Crippen LogP contribution in [0.25, 0.3) is 0 Å². The molecule has 0 fully saturated rings. The van der Waals surface area contributed by atoms with Crippen LogP contribution in [0.4, 0.5) is 0 Å². The first-order valence-corrected chi connectivity index (χ1v) is 10.3. The van der Waals surface area contributed by atoms with Gasteiger partial charge in [0, 0.05) is 19.3 Å². The molecule has 0 bridgehead atoms. The second kappa shape index (κ2) is 11.3. The van der Waals surface area contributed by atoms with E-state index >= 15 is 0 Å². The van der Waals surface area contributed by atoms with Gasteiger partial charge in [-0.1, -0.05) is 20.8 Å². The molecule has 0 aliphatic rings. The first kappa shape index (κ1) is 26.3. The van der Waals surface area contributed by atoms with Crippen LogP contribution in [0.5, 0.6) is 0 Å². The Bertz CT molecular complexity index is 699. The lowest BCUT2D eigenvalue weighted by molar-refractivity contribution is -0.140. The van der Waals surface area contributed by atoms with E-state index in [1.165, 1.54) is 20.8 Å². The van der Waals surface area contributed by atoms with E-state index < -0.39 is 25.7 Å². The third kappa shape index (κ3) is 7.65. The molecule has 11 heteroatoms. The number of phosphoric ester groups is 1. The van der Waals surface area contributed by atoms with Crippen LogP contribution in [0.1, 0.15) is 60.8 Å². The Labute approximate surface area is 169 Å². The van der Waals surface area contributed by atoms with Crippen molar-refractivity contribution in [1.29, 1.82) is 0 Å². The molecule has 0 aromatic carbocycles. The predicted octanol–water partition coefficient (Wildman–Crippen LogP) is 4.45. The van der Waals surface area contributed by atoms with Crippen molar-refractivity contribution >= 4 is 25.7 Å². The average Bonchev–Trinajstić information content (AvgIpc) is 2.69. The van der Waals surface area contributed by atoms with Crippen molar-refractivity contribution in [2.75, 3.05) is 0 Å². The van der Waals surface area contributed by atoms with Gasteiger partial charge in [-0.05, 0) is 20.8 Å². The third-order valence-corrected chi connectivity index (χ3v) is 4.97. The molecule has 10 nitrogen and oxygen atoms in total. The van der Waals surface area contributed by atoms with Gasteiger partial charge < -0.3 is 28.9 Å². The van der Waals surface area contributed by atoms with Gasteiger partial charge in [0.2, 0.25) is 0 Å². The lowest BCUT2D eigenvalue weighted by atomic mass is 10.2. The molecule has 0 spiro atoms. The van der Waals surface area contributed by atoms with Crippen molar-refractivity contribution < 1.29 is 47.8 Å². The molecular weight excluding hydrogens is 407 g/mol. The van der Waals surface area contributed by atoms with Gasteiger partial charge in [-0.25, -0.2) is 14.4 Å². The Kier molecular flexibility index (Phi) is 10.2. The number of aliphatic hydroxyl groups is 3. The highest BCUT2D eigenvalue weighted by atomic mass is 31.2. The number of carbonyl (C=O) groups excluding carboxylic acids is 3. The fraction of sp³-hybridized carbons (Fsp3) is 0.500. The monoisotopic (exact) mass is 434 g/mol. The van der Waals surface area contributed by atoms with E-state index in [2.05, 4.69) is 13.6 Å². The average molecular weight is 434 g/mol. The molecule has 3 N–H and O–H groups in total. The third-order valence-electron chi connectivity index (χ3n) is 3.81. The van der Waals surface area contributed by atoms with Crippen LogP contribution in [0.2, 0.25) is 0 Å². The number of rotatable bonds is 9. The SMILES string of the molecule is CC/C(O)=C(/C)C(=O)OP(=O)(OC(=O)/C(C)=C(/O)CC)OC(=O)/C(C)=C(/O)CC. The predicted molar refractivity (Wildman–Crippen MR) is 103 cm³/mol. The number of allylic oxidation sites excluding steroid dienone is 3. The highest BCUT2D eigenvalue weighted by molar-refractivity contribution is 7.50. The molecule has 0 aromatic rings. The van der Waals surface area contributed by atoms with Gasteiger partial charge in [0.05, 0.1) is 16.7 Å². The van der Waals surface area contributed by atoms with Crippen LogP contribution in [-0.2, 0) is 32.5 Å². The Balaban J connectivity index is 6.00. The van der Waals surface area contributed by atoms with Gasteiger partial charge in [-0.15, -0.1) is 0 Å². The Morgan fingerprint density at radius 3 is 1.00 bits per heavy atom. The second-order valence-corrected chi connectivity index (χ2v) is 7.30. The Morgan fingerprint density at radius 1 is 0.621 bits per heavy atom. The van der Waals surface area contributed by atoms with Gasteiger partial charge in [-0.2, -0.15) is 4.57 Å². The fourth-order valence-corrected chi connectivity index (χ4v) is 2.85. The van der Waals surface area contributed by atoms with E-state index in [9.17, 15) is 34.3 Å². The summed E-state index contributed by atoms with van der Waals surface area (Å²) in [5.41, 5.74) is -1.02. The molecule has 0 atom stereocenters. The topological polar surface area (TPSA) is 157 Å². The molecule has 0 aliphatic carbocycles. The van der Waals surface area contributed by atoms with Crippen LogP contribution in [0, 0.1) is 0 Å². The van der Waals surface area contributed by atoms with Crippen molar-refractivity contribution in [3.63, 3.8) is 0 Å².